The van der Waals surface area contributed by atoms with Crippen LogP contribution in [-0.4, -0.2) is 30.8 Å². The highest BCUT2D eigenvalue weighted by Gasteiger charge is 2.06. The first-order valence-electron chi connectivity index (χ1n) is 5.23. The Morgan fingerprint density at radius 2 is 2.06 bits per heavy atom. The highest BCUT2D eigenvalue weighted by atomic mass is 32.2. The highest BCUT2D eigenvalue weighted by Crippen LogP contribution is 2.20. The van der Waals surface area contributed by atoms with Gasteiger partial charge in [0.25, 0.3) is 0 Å². The zero-order valence-corrected chi connectivity index (χ0v) is 10.6. The van der Waals surface area contributed by atoms with Gasteiger partial charge in [-0.3, -0.25) is 0 Å². The van der Waals surface area contributed by atoms with Gasteiger partial charge in [0.15, 0.2) is 10.3 Å². The Balaban J connectivity index is 2.06. The van der Waals surface area contributed by atoms with E-state index in [4.69, 9.17) is 5.73 Å². The Bertz CT molecular complexity index is 478. The van der Waals surface area contributed by atoms with Gasteiger partial charge in [-0.1, -0.05) is 0 Å². The molecular weight excluding hydrogens is 236 g/mol. The fraction of sp³-hybridized carbons (Fsp3) is 0.400. The van der Waals surface area contributed by atoms with Crippen LogP contribution in [0.25, 0.3) is 0 Å². The number of nitrogens with two attached hydrogens (primary N) is 1. The zero-order chi connectivity index (χ0) is 12.3. The van der Waals surface area contributed by atoms with Gasteiger partial charge >= 0.3 is 0 Å². The van der Waals surface area contributed by atoms with E-state index >= 15 is 0 Å². The molecule has 1 unspecified atom stereocenters. The third kappa shape index (κ3) is 3.24. The average molecular weight is 250 g/mol. The zero-order valence-electron chi connectivity index (χ0n) is 9.74. The van der Waals surface area contributed by atoms with Gasteiger partial charge in [-0.15, -0.1) is 0 Å². The summed E-state index contributed by atoms with van der Waals surface area (Å²) in [5.74, 6) is 0. The summed E-state index contributed by atoms with van der Waals surface area (Å²) in [5.41, 5.74) is 6.75. The van der Waals surface area contributed by atoms with Gasteiger partial charge in [-0.05, 0) is 30.7 Å². The van der Waals surface area contributed by atoms with Crippen molar-refractivity contribution in [3.63, 3.8) is 0 Å². The normalized spacial score (nSPS) is 12.6. The van der Waals surface area contributed by atoms with E-state index in [1.807, 2.05) is 14.0 Å². The summed E-state index contributed by atoms with van der Waals surface area (Å²) >= 11 is 1.38. The molecular formula is C10H14N6S. The summed E-state index contributed by atoms with van der Waals surface area (Å²) in [6.45, 7) is 1.96. The molecule has 7 heteroatoms. The van der Waals surface area contributed by atoms with Crippen molar-refractivity contribution in [1.29, 1.82) is 0 Å². The van der Waals surface area contributed by atoms with E-state index in [0.717, 1.165) is 17.1 Å². The van der Waals surface area contributed by atoms with Gasteiger partial charge in [-0.2, -0.15) is 5.10 Å². The molecule has 0 radical (unpaired) electrons. The van der Waals surface area contributed by atoms with Gasteiger partial charge in [0.05, 0.1) is 0 Å². The first-order chi connectivity index (χ1) is 8.15. The molecule has 17 heavy (non-hydrogen) atoms. The van der Waals surface area contributed by atoms with Crippen molar-refractivity contribution in [3.05, 3.63) is 24.3 Å². The summed E-state index contributed by atoms with van der Waals surface area (Å²) in [6.07, 6.45) is 5.89. The molecule has 0 aromatic carbocycles. The van der Waals surface area contributed by atoms with E-state index in [1.165, 1.54) is 18.1 Å². The molecule has 90 valence electrons. The predicted molar refractivity (Wildman–Crippen MR) is 64.5 cm³/mol. The summed E-state index contributed by atoms with van der Waals surface area (Å²) in [6, 6.07) is 0.121. The molecule has 0 spiro atoms. The maximum atomic E-state index is 5.71. The van der Waals surface area contributed by atoms with Crippen LogP contribution in [0, 0.1) is 0 Å². The Kier molecular flexibility index (Phi) is 3.70. The van der Waals surface area contributed by atoms with Crippen molar-refractivity contribution in [2.45, 2.75) is 29.7 Å². The monoisotopic (exact) mass is 250 g/mol. The quantitative estimate of drug-likeness (QED) is 0.802. The molecule has 6 nitrogen and oxygen atoms in total. The number of aryl methyl sites for hydroxylation is 1. The van der Waals surface area contributed by atoms with Gasteiger partial charge < -0.3 is 5.73 Å². The average Bonchev–Trinajstić information content (AvgIpc) is 2.67. The van der Waals surface area contributed by atoms with Crippen LogP contribution in [0.2, 0.25) is 0 Å². The number of rotatable bonds is 4. The van der Waals surface area contributed by atoms with Crippen molar-refractivity contribution < 1.29 is 0 Å². The highest BCUT2D eigenvalue weighted by molar-refractivity contribution is 7.99. The van der Waals surface area contributed by atoms with E-state index in [-0.39, 0.29) is 6.04 Å². The molecule has 0 saturated heterocycles. The Morgan fingerprint density at radius 1 is 1.35 bits per heavy atom. The van der Waals surface area contributed by atoms with E-state index in [0.29, 0.717) is 5.16 Å². The smallest absolute Gasteiger partial charge is 0.195 e. The minimum Gasteiger partial charge on any atom is -0.328 e. The topological polar surface area (TPSA) is 82.5 Å². The van der Waals surface area contributed by atoms with Crippen LogP contribution in [0.4, 0.5) is 0 Å². The molecule has 0 aliphatic carbocycles. The molecule has 2 rings (SSSR count). The van der Waals surface area contributed by atoms with E-state index in [2.05, 4.69) is 20.1 Å². The molecule has 0 saturated carbocycles. The molecule has 0 amide bonds. The summed E-state index contributed by atoms with van der Waals surface area (Å²) < 4.78 is 1.68. The van der Waals surface area contributed by atoms with Crippen molar-refractivity contribution in [2.75, 3.05) is 0 Å². The number of hydrogen-bond donors (Lipinski definition) is 1. The maximum absolute atomic E-state index is 5.71. The Labute approximate surface area is 104 Å². The van der Waals surface area contributed by atoms with E-state index in [1.54, 1.807) is 17.1 Å². The minimum atomic E-state index is 0.121. The van der Waals surface area contributed by atoms with Crippen molar-refractivity contribution in [3.8, 4) is 0 Å². The number of aromatic nitrogens is 5. The molecule has 1 atom stereocenters. The lowest BCUT2D eigenvalue weighted by Gasteiger charge is -2.04. The molecule has 0 aliphatic rings. The second-order valence-corrected chi connectivity index (χ2v) is 4.76. The van der Waals surface area contributed by atoms with E-state index in [9.17, 15) is 0 Å². The lowest BCUT2D eigenvalue weighted by Crippen LogP contribution is -2.18. The van der Waals surface area contributed by atoms with Crippen LogP contribution in [0.3, 0.4) is 0 Å². The minimum absolute atomic E-state index is 0.121. The lowest BCUT2D eigenvalue weighted by molar-refractivity contribution is 0.683. The Morgan fingerprint density at radius 3 is 2.59 bits per heavy atom. The second kappa shape index (κ2) is 5.24. The second-order valence-electron chi connectivity index (χ2n) is 3.82. The van der Waals surface area contributed by atoms with Gasteiger partial charge in [0.2, 0.25) is 0 Å². The molecule has 2 N–H and O–H groups in total. The molecule has 0 aliphatic heterocycles. The third-order valence-corrected chi connectivity index (χ3v) is 3.04. The van der Waals surface area contributed by atoms with Crippen LogP contribution in [0.15, 0.2) is 29.0 Å². The van der Waals surface area contributed by atoms with Crippen LogP contribution >= 0.6 is 11.8 Å². The molecule has 2 aromatic heterocycles. The Hall–Kier alpha value is -1.47. The maximum Gasteiger partial charge on any atom is 0.195 e. The fourth-order valence-corrected chi connectivity index (χ4v) is 1.99. The fourth-order valence-electron chi connectivity index (χ4n) is 1.33. The largest absolute Gasteiger partial charge is 0.328 e. The standard InChI is InChI=1S/C10H14N6S/c1-7(11)3-8-4-12-9(13-5-8)17-10-14-6-15-16(10)2/h4-7H,3,11H2,1-2H3. The molecule has 0 fully saturated rings. The van der Waals surface area contributed by atoms with E-state index < -0.39 is 0 Å². The van der Waals surface area contributed by atoms with Crippen LogP contribution in [0.1, 0.15) is 12.5 Å². The first-order valence-corrected chi connectivity index (χ1v) is 6.05. The van der Waals surface area contributed by atoms with Crippen LogP contribution in [-0.2, 0) is 13.5 Å². The van der Waals surface area contributed by atoms with Crippen molar-refractivity contribution in [2.24, 2.45) is 12.8 Å². The number of hydrogen-bond acceptors (Lipinski definition) is 6. The summed E-state index contributed by atoms with van der Waals surface area (Å²) in [4.78, 5) is 12.6. The van der Waals surface area contributed by atoms with Crippen LogP contribution < -0.4 is 5.73 Å². The van der Waals surface area contributed by atoms with Crippen molar-refractivity contribution >= 4 is 11.8 Å². The molecule has 0 bridgehead atoms. The SMILES string of the molecule is CC(N)Cc1cnc(Sc2ncnn2C)nc1. The van der Waals surface area contributed by atoms with Gasteiger partial charge in [0.1, 0.15) is 6.33 Å². The lowest BCUT2D eigenvalue weighted by atomic mass is 10.1. The third-order valence-electron chi connectivity index (χ3n) is 2.09. The first kappa shape index (κ1) is 12.0. The van der Waals surface area contributed by atoms with Gasteiger partial charge in [0, 0.05) is 25.5 Å². The molecule has 2 aromatic rings. The van der Waals surface area contributed by atoms with Gasteiger partial charge in [-0.25, -0.2) is 19.6 Å². The van der Waals surface area contributed by atoms with Crippen LogP contribution in [0.5, 0.6) is 0 Å². The summed E-state index contributed by atoms with van der Waals surface area (Å²) in [5, 5.41) is 5.41. The summed E-state index contributed by atoms with van der Waals surface area (Å²) in [7, 11) is 1.83. The van der Waals surface area contributed by atoms with Crippen molar-refractivity contribution in [1.82, 2.24) is 24.7 Å². The predicted octanol–water partition coefficient (Wildman–Crippen LogP) is 0.646. The molecule has 2 heterocycles. The number of nitrogens with zero attached hydrogens (tertiary/aromatic N) is 5.